The quantitative estimate of drug-likeness (QED) is 0.413. The van der Waals surface area contributed by atoms with Crippen molar-refractivity contribution in [2.75, 3.05) is 4.72 Å². The second-order valence-corrected chi connectivity index (χ2v) is 9.04. The molecule has 0 aliphatic carbocycles. The zero-order valence-corrected chi connectivity index (χ0v) is 18.8. The van der Waals surface area contributed by atoms with Gasteiger partial charge in [-0.1, -0.05) is 29.8 Å². The number of anilines is 1. The first-order valence-electron chi connectivity index (χ1n) is 9.70. The highest BCUT2D eigenvalue weighted by Gasteiger charge is 2.20. The Kier molecular flexibility index (Phi) is 6.33. The zero-order valence-electron chi connectivity index (χ0n) is 17.3. The second-order valence-electron chi connectivity index (χ2n) is 6.92. The standard InChI is InChI=1S/C21H18ClN7O3S/c1-14(19-25-13-26-29(19)21-23-8-5-9-24-21)27-20(30)15-10-16(22)12-17(11-15)28-33(31,32)18-6-3-2-4-7-18/h2-14,28H,1H3,(H,27,30)/t14-/m1/s1. The molecule has 0 aliphatic heterocycles. The van der Waals surface area contributed by atoms with Crippen LogP contribution in [0.25, 0.3) is 5.95 Å². The SMILES string of the molecule is C[C@@H](NC(=O)c1cc(Cl)cc(NS(=O)(=O)c2ccccc2)c1)c1ncnn1-c1ncccn1. The summed E-state index contributed by atoms with van der Waals surface area (Å²) in [5.41, 5.74) is 0.326. The Morgan fingerprint density at radius 1 is 1.03 bits per heavy atom. The van der Waals surface area contributed by atoms with Crippen LogP contribution in [0.3, 0.4) is 0 Å². The molecule has 0 saturated carbocycles. The molecule has 4 rings (SSSR count). The maximum Gasteiger partial charge on any atom is 0.261 e. The topological polar surface area (TPSA) is 132 Å². The number of hydrogen-bond donors (Lipinski definition) is 2. The van der Waals surface area contributed by atoms with Gasteiger partial charge < -0.3 is 5.32 Å². The summed E-state index contributed by atoms with van der Waals surface area (Å²) in [4.78, 5) is 25.5. The van der Waals surface area contributed by atoms with Crippen molar-refractivity contribution in [2.45, 2.75) is 17.9 Å². The summed E-state index contributed by atoms with van der Waals surface area (Å²) in [5, 5.41) is 7.12. The largest absolute Gasteiger partial charge is 0.342 e. The molecule has 1 amide bonds. The summed E-state index contributed by atoms with van der Waals surface area (Å²) >= 11 is 6.15. The van der Waals surface area contributed by atoms with Crippen LogP contribution in [-0.4, -0.2) is 39.1 Å². The van der Waals surface area contributed by atoms with E-state index in [-0.39, 0.29) is 21.2 Å². The van der Waals surface area contributed by atoms with E-state index >= 15 is 0 Å². The highest BCUT2D eigenvalue weighted by atomic mass is 35.5. The molecule has 0 spiro atoms. The molecule has 33 heavy (non-hydrogen) atoms. The van der Waals surface area contributed by atoms with Gasteiger partial charge in [0.25, 0.3) is 21.9 Å². The lowest BCUT2D eigenvalue weighted by atomic mass is 10.1. The van der Waals surface area contributed by atoms with Crippen LogP contribution in [0.15, 0.2) is 78.2 Å². The predicted octanol–water partition coefficient (Wildman–Crippen LogP) is 3.00. The van der Waals surface area contributed by atoms with Crippen LogP contribution in [0.2, 0.25) is 5.02 Å². The lowest BCUT2D eigenvalue weighted by Gasteiger charge is -2.15. The number of amides is 1. The van der Waals surface area contributed by atoms with E-state index in [0.717, 1.165) is 0 Å². The minimum Gasteiger partial charge on any atom is -0.342 e. The van der Waals surface area contributed by atoms with Crippen molar-refractivity contribution < 1.29 is 13.2 Å². The molecule has 0 bridgehead atoms. The maximum atomic E-state index is 12.9. The molecule has 12 heteroatoms. The average Bonchev–Trinajstić information content (AvgIpc) is 3.30. The molecular formula is C21H18ClN7O3S. The molecule has 2 heterocycles. The third-order valence-corrected chi connectivity index (χ3v) is 6.13. The number of halogens is 1. The number of carbonyl (C=O) groups is 1. The normalized spacial score (nSPS) is 12.2. The summed E-state index contributed by atoms with van der Waals surface area (Å²) in [6.07, 6.45) is 4.48. The Hall–Kier alpha value is -3.83. The Labute approximate surface area is 194 Å². The van der Waals surface area contributed by atoms with Crippen LogP contribution in [-0.2, 0) is 10.0 Å². The van der Waals surface area contributed by atoms with E-state index in [9.17, 15) is 13.2 Å². The van der Waals surface area contributed by atoms with Gasteiger partial charge in [-0.25, -0.2) is 23.4 Å². The number of nitrogens with one attached hydrogen (secondary N) is 2. The Morgan fingerprint density at radius 3 is 2.48 bits per heavy atom. The van der Waals surface area contributed by atoms with Crippen molar-refractivity contribution in [3.8, 4) is 5.95 Å². The summed E-state index contributed by atoms with van der Waals surface area (Å²) in [6.45, 7) is 1.73. The van der Waals surface area contributed by atoms with Crippen LogP contribution in [0.4, 0.5) is 5.69 Å². The van der Waals surface area contributed by atoms with Crippen molar-refractivity contribution in [2.24, 2.45) is 0 Å². The van der Waals surface area contributed by atoms with Gasteiger partial charge in [0.2, 0.25) is 0 Å². The van der Waals surface area contributed by atoms with Gasteiger partial charge in [-0.3, -0.25) is 9.52 Å². The van der Waals surface area contributed by atoms with E-state index in [2.05, 4.69) is 30.1 Å². The second kappa shape index (κ2) is 9.35. The van der Waals surface area contributed by atoms with Crippen molar-refractivity contribution in [1.82, 2.24) is 30.0 Å². The summed E-state index contributed by atoms with van der Waals surface area (Å²) in [6, 6.07) is 13.3. The fourth-order valence-electron chi connectivity index (χ4n) is 3.04. The zero-order chi connectivity index (χ0) is 23.4. The number of aromatic nitrogens is 5. The van der Waals surface area contributed by atoms with Crippen LogP contribution in [0.5, 0.6) is 0 Å². The van der Waals surface area contributed by atoms with Crippen LogP contribution in [0.1, 0.15) is 29.1 Å². The molecule has 0 unspecified atom stereocenters. The minimum atomic E-state index is -3.84. The number of hydrogen-bond acceptors (Lipinski definition) is 7. The molecule has 10 nitrogen and oxygen atoms in total. The Bertz CT molecular complexity index is 1380. The number of carbonyl (C=O) groups excluding carboxylic acids is 1. The molecule has 4 aromatic rings. The van der Waals surface area contributed by atoms with Gasteiger partial charge >= 0.3 is 0 Å². The van der Waals surface area contributed by atoms with Gasteiger partial charge in [0, 0.05) is 23.0 Å². The van der Waals surface area contributed by atoms with Gasteiger partial charge in [0.05, 0.1) is 16.6 Å². The van der Waals surface area contributed by atoms with Crippen molar-refractivity contribution in [3.63, 3.8) is 0 Å². The summed E-state index contributed by atoms with van der Waals surface area (Å²) in [7, 11) is -3.84. The van der Waals surface area contributed by atoms with Gasteiger partial charge in [-0.15, -0.1) is 0 Å². The van der Waals surface area contributed by atoms with Gasteiger partial charge in [0.1, 0.15) is 6.33 Å². The average molecular weight is 484 g/mol. The van der Waals surface area contributed by atoms with Crippen LogP contribution < -0.4 is 10.0 Å². The highest BCUT2D eigenvalue weighted by Crippen LogP contribution is 2.23. The molecule has 0 radical (unpaired) electrons. The minimum absolute atomic E-state index is 0.0899. The molecule has 0 saturated heterocycles. The Morgan fingerprint density at radius 2 is 1.76 bits per heavy atom. The summed E-state index contributed by atoms with van der Waals surface area (Å²) in [5.74, 6) is 0.252. The lowest BCUT2D eigenvalue weighted by molar-refractivity contribution is 0.0938. The third kappa shape index (κ3) is 5.16. The monoisotopic (exact) mass is 483 g/mol. The van der Waals surface area contributed by atoms with E-state index < -0.39 is 22.0 Å². The van der Waals surface area contributed by atoms with Gasteiger partial charge in [0.15, 0.2) is 5.82 Å². The van der Waals surface area contributed by atoms with Crippen molar-refractivity contribution >= 4 is 33.2 Å². The lowest BCUT2D eigenvalue weighted by Crippen LogP contribution is -2.29. The van der Waals surface area contributed by atoms with Crippen LogP contribution in [0, 0.1) is 0 Å². The first kappa shape index (κ1) is 22.4. The molecular weight excluding hydrogens is 466 g/mol. The van der Waals surface area contributed by atoms with E-state index in [0.29, 0.717) is 11.8 Å². The third-order valence-electron chi connectivity index (χ3n) is 4.52. The molecule has 2 N–H and O–H groups in total. The molecule has 2 aromatic heterocycles. The predicted molar refractivity (Wildman–Crippen MR) is 122 cm³/mol. The number of nitrogens with zero attached hydrogens (tertiary/aromatic N) is 5. The fraction of sp³-hybridized carbons (Fsp3) is 0.0952. The molecule has 0 aliphatic rings. The molecule has 168 valence electrons. The van der Waals surface area contributed by atoms with Crippen molar-refractivity contribution in [1.29, 1.82) is 0 Å². The molecule has 2 aromatic carbocycles. The number of sulfonamides is 1. The number of rotatable bonds is 7. The highest BCUT2D eigenvalue weighted by molar-refractivity contribution is 7.92. The van der Waals surface area contributed by atoms with E-state index in [4.69, 9.17) is 11.6 Å². The molecule has 0 fully saturated rings. The van der Waals surface area contributed by atoms with Gasteiger partial charge in [-0.05, 0) is 43.3 Å². The van der Waals surface area contributed by atoms with Gasteiger partial charge in [-0.2, -0.15) is 9.78 Å². The van der Waals surface area contributed by atoms with E-state index in [1.165, 1.54) is 41.3 Å². The number of benzene rings is 2. The van der Waals surface area contributed by atoms with Crippen LogP contribution >= 0.6 is 11.6 Å². The first-order chi connectivity index (χ1) is 15.8. The summed E-state index contributed by atoms with van der Waals surface area (Å²) < 4.78 is 29.1. The smallest absolute Gasteiger partial charge is 0.261 e. The Balaban J connectivity index is 1.54. The van der Waals surface area contributed by atoms with Crippen molar-refractivity contribution in [3.05, 3.63) is 89.7 Å². The van der Waals surface area contributed by atoms with E-state index in [1.807, 2.05) is 0 Å². The molecule has 1 atom stereocenters. The fourth-order valence-corrected chi connectivity index (χ4v) is 4.33. The maximum absolute atomic E-state index is 12.9. The van der Waals surface area contributed by atoms with E-state index in [1.54, 1.807) is 43.6 Å². The first-order valence-corrected chi connectivity index (χ1v) is 11.6.